The van der Waals surface area contributed by atoms with Crippen LogP contribution in [-0.4, -0.2) is 52.5 Å². The predicted molar refractivity (Wildman–Crippen MR) is 114 cm³/mol. The minimum atomic E-state index is -4.19. The molecule has 31 heavy (non-hydrogen) atoms. The Morgan fingerprint density at radius 3 is 1.45 bits per heavy atom. The number of sulfonamides is 2. The lowest BCUT2D eigenvalue weighted by atomic mass is 10.2. The zero-order valence-electron chi connectivity index (χ0n) is 17.5. The number of carbonyl (C=O) groups excluding carboxylic acids is 2. The maximum atomic E-state index is 12.5. The van der Waals surface area contributed by atoms with E-state index in [1.54, 1.807) is 38.1 Å². The molecule has 2 aromatic rings. The summed E-state index contributed by atoms with van der Waals surface area (Å²) in [5, 5.41) is 1.44. The first kappa shape index (κ1) is 24.2. The van der Waals surface area contributed by atoms with Gasteiger partial charge >= 0.3 is 12.1 Å². The van der Waals surface area contributed by atoms with Gasteiger partial charge in [-0.1, -0.05) is 35.4 Å². The molecular formula is C19H24N4O6S2. The van der Waals surface area contributed by atoms with Crippen molar-refractivity contribution in [3.05, 3.63) is 59.7 Å². The molecule has 4 amide bonds. The minimum absolute atomic E-state index is 0.107. The van der Waals surface area contributed by atoms with Gasteiger partial charge in [0.1, 0.15) is 0 Å². The average molecular weight is 469 g/mol. The van der Waals surface area contributed by atoms with E-state index < -0.39 is 32.1 Å². The zero-order chi connectivity index (χ0) is 23.4. The third-order valence-corrected chi connectivity index (χ3v) is 6.97. The summed E-state index contributed by atoms with van der Waals surface area (Å²) in [5.41, 5.74) is 1.68. The molecule has 0 unspecified atom stereocenters. The number of amides is 4. The SMILES string of the molecule is CCN(C(=O)NS(=O)(=O)c1ccc(C)cc1)N(C)C(=O)NS(=O)(=O)c1ccc(C)cc1. The van der Waals surface area contributed by atoms with Crippen molar-refractivity contribution in [3.63, 3.8) is 0 Å². The number of rotatable bonds is 5. The standard InChI is InChI=1S/C19H24N4O6S2/c1-5-23(19(25)21-31(28,29)17-12-8-15(3)9-13-17)22(4)18(24)20-30(26,27)16-10-6-14(2)7-11-16/h6-13H,5H2,1-4H3,(H,20,24)(H,21,25). The Bertz CT molecular complexity index is 1160. The zero-order valence-corrected chi connectivity index (χ0v) is 19.1. The van der Waals surface area contributed by atoms with E-state index in [2.05, 4.69) is 0 Å². The van der Waals surface area contributed by atoms with E-state index in [1.807, 2.05) is 9.44 Å². The van der Waals surface area contributed by atoms with E-state index in [-0.39, 0.29) is 16.3 Å². The first-order valence-electron chi connectivity index (χ1n) is 9.15. The van der Waals surface area contributed by atoms with Crippen molar-refractivity contribution >= 4 is 32.1 Å². The van der Waals surface area contributed by atoms with Crippen LogP contribution in [0.3, 0.4) is 0 Å². The van der Waals surface area contributed by atoms with Gasteiger partial charge in [-0.15, -0.1) is 0 Å². The largest absolute Gasteiger partial charge is 0.350 e. The molecule has 0 radical (unpaired) electrons. The molecular weight excluding hydrogens is 444 g/mol. The second-order valence-electron chi connectivity index (χ2n) is 6.69. The molecule has 2 N–H and O–H groups in total. The number of hydrazine groups is 1. The van der Waals surface area contributed by atoms with Crippen LogP contribution in [0.5, 0.6) is 0 Å². The van der Waals surface area contributed by atoms with Gasteiger partial charge in [-0.05, 0) is 45.0 Å². The van der Waals surface area contributed by atoms with Crippen molar-refractivity contribution in [1.29, 1.82) is 0 Å². The van der Waals surface area contributed by atoms with Gasteiger partial charge < -0.3 is 0 Å². The van der Waals surface area contributed by atoms with Gasteiger partial charge in [-0.3, -0.25) is 0 Å². The predicted octanol–water partition coefficient (Wildman–Crippen LogP) is 1.97. The Kier molecular flexibility index (Phi) is 7.28. The van der Waals surface area contributed by atoms with Gasteiger partial charge in [0.25, 0.3) is 20.0 Å². The molecule has 168 valence electrons. The summed E-state index contributed by atoms with van der Waals surface area (Å²) in [6.45, 7) is 4.96. The Morgan fingerprint density at radius 2 is 1.10 bits per heavy atom. The molecule has 2 aromatic carbocycles. The molecule has 0 spiro atoms. The first-order valence-corrected chi connectivity index (χ1v) is 12.1. The van der Waals surface area contributed by atoms with E-state index in [0.29, 0.717) is 5.01 Å². The quantitative estimate of drug-likeness (QED) is 0.645. The van der Waals surface area contributed by atoms with Crippen molar-refractivity contribution in [3.8, 4) is 0 Å². The maximum Gasteiger partial charge on any atom is 0.350 e. The molecule has 0 saturated carbocycles. The normalized spacial score (nSPS) is 11.5. The third kappa shape index (κ3) is 5.95. The number of nitrogens with zero attached hydrogens (tertiary/aromatic N) is 2. The molecule has 0 atom stereocenters. The van der Waals surface area contributed by atoms with Crippen molar-refractivity contribution in [2.45, 2.75) is 30.6 Å². The molecule has 2 rings (SSSR count). The summed E-state index contributed by atoms with van der Waals surface area (Å²) in [6.07, 6.45) is 0. The molecule has 10 nitrogen and oxygen atoms in total. The molecule has 0 fully saturated rings. The maximum absolute atomic E-state index is 12.5. The summed E-state index contributed by atoms with van der Waals surface area (Å²) in [6, 6.07) is 9.40. The fourth-order valence-corrected chi connectivity index (χ4v) is 4.42. The minimum Gasteiger partial charge on any atom is -0.246 e. The third-order valence-electron chi connectivity index (χ3n) is 4.30. The van der Waals surface area contributed by atoms with Crippen molar-refractivity contribution in [2.75, 3.05) is 13.6 Å². The van der Waals surface area contributed by atoms with Crippen LogP contribution in [0.2, 0.25) is 0 Å². The van der Waals surface area contributed by atoms with Crippen LogP contribution in [0, 0.1) is 13.8 Å². The molecule has 12 heteroatoms. The van der Waals surface area contributed by atoms with Crippen LogP contribution in [0.15, 0.2) is 58.3 Å². The Balaban J connectivity index is 2.15. The first-order chi connectivity index (χ1) is 14.4. The van der Waals surface area contributed by atoms with Crippen LogP contribution in [0.1, 0.15) is 18.1 Å². The second kappa shape index (κ2) is 9.35. The van der Waals surface area contributed by atoms with Crippen molar-refractivity contribution in [2.24, 2.45) is 0 Å². The monoisotopic (exact) mass is 468 g/mol. The lowest BCUT2D eigenvalue weighted by Gasteiger charge is -2.30. The molecule has 0 aliphatic heterocycles. The second-order valence-corrected chi connectivity index (χ2v) is 10.1. The van der Waals surface area contributed by atoms with E-state index >= 15 is 0 Å². The van der Waals surface area contributed by atoms with Crippen LogP contribution in [-0.2, 0) is 20.0 Å². The van der Waals surface area contributed by atoms with Gasteiger partial charge in [-0.2, -0.15) is 0 Å². The molecule has 0 heterocycles. The van der Waals surface area contributed by atoms with Gasteiger partial charge in [0, 0.05) is 13.6 Å². The van der Waals surface area contributed by atoms with Crippen molar-refractivity contribution < 1.29 is 26.4 Å². The molecule has 0 aromatic heterocycles. The molecule has 0 bridgehead atoms. The summed E-state index contributed by atoms with van der Waals surface area (Å²) in [4.78, 5) is 24.7. The van der Waals surface area contributed by atoms with E-state index in [4.69, 9.17) is 0 Å². The van der Waals surface area contributed by atoms with Gasteiger partial charge in [0.05, 0.1) is 9.79 Å². The highest BCUT2D eigenvalue weighted by molar-refractivity contribution is 7.90. The number of urea groups is 2. The summed E-state index contributed by atoms with van der Waals surface area (Å²) >= 11 is 0. The number of nitrogens with one attached hydrogen (secondary N) is 2. The van der Waals surface area contributed by atoms with Crippen LogP contribution in [0.4, 0.5) is 9.59 Å². The van der Waals surface area contributed by atoms with Gasteiger partial charge in [0.2, 0.25) is 0 Å². The lowest BCUT2D eigenvalue weighted by Crippen LogP contribution is -2.55. The lowest BCUT2D eigenvalue weighted by molar-refractivity contribution is 0.0762. The van der Waals surface area contributed by atoms with Gasteiger partial charge in [0.15, 0.2) is 0 Å². The molecule has 0 aliphatic rings. The highest BCUT2D eigenvalue weighted by Crippen LogP contribution is 2.12. The number of benzene rings is 2. The van der Waals surface area contributed by atoms with E-state index in [0.717, 1.165) is 23.2 Å². The summed E-state index contributed by atoms with van der Waals surface area (Å²) in [7, 11) is -7.24. The molecule has 0 aliphatic carbocycles. The number of carbonyl (C=O) groups is 2. The van der Waals surface area contributed by atoms with Gasteiger partial charge in [-0.25, -0.2) is 45.9 Å². The molecule has 0 saturated heterocycles. The highest BCUT2D eigenvalue weighted by atomic mass is 32.2. The van der Waals surface area contributed by atoms with E-state index in [1.165, 1.54) is 31.2 Å². The number of hydrogen-bond acceptors (Lipinski definition) is 6. The van der Waals surface area contributed by atoms with E-state index in [9.17, 15) is 26.4 Å². The van der Waals surface area contributed by atoms with Crippen LogP contribution in [0.25, 0.3) is 0 Å². The van der Waals surface area contributed by atoms with Crippen LogP contribution < -0.4 is 9.44 Å². The fourth-order valence-electron chi connectivity index (χ4n) is 2.50. The Labute approximate surface area is 181 Å². The Hall–Kier alpha value is -3.12. The highest BCUT2D eigenvalue weighted by Gasteiger charge is 2.28. The Morgan fingerprint density at radius 1 is 0.742 bits per heavy atom. The summed E-state index contributed by atoms with van der Waals surface area (Å²) < 4.78 is 53.4. The number of aryl methyl sites for hydroxylation is 2. The average Bonchev–Trinajstić information content (AvgIpc) is 2.68. The topological polar surface area (TPSA) is 133 Å². The smallest absolute Gasteiger partial charge is 0.246 e. The fraction of sp³-hybridized carbons (Fsp3) is 0.263. The van der Waals surface area contributed by atoms with Crippen molar-refractivity contribution in [1.82, 2.24) is 19.5 Å². The van der Waals surface area contributed by atoms with Crippen LogP contribution >= 0.6 is 0 Å². The number of hydrogen-bond donors (Lipinski definition) is 2. The summed E-state index contributed by atoms with van der Waals surface area (Å²) in [5.74, 6) is 0.